The molecule has 3 rings (SSSR count). The van der Waals surface area contributed by atoms with Gasteiger partial charge in [-0.2, -0.15) is 5.26 Å². The lowest BCUT2D eigenvalue weighted by Crippen LogP contribution is -1.85. The van der Waals surface area contributed by atoms with Crippen molar-refractivity contribution < 1.29 is 0 Å². The van der Waals surface area contributed by atoms with Crippen LogP contribution in [0, 0.1) is 11.3 Å². The molecular formula is C15H9N5S. The van der Waals surface area contributed by atoms with Gasteiger partial charge in [-0.25, -0.2) is 15.0 Å². The fraction of sp³-hybridized carbons (Fsp3) is 0. The maximum absolute atomic E-state index is 8.72. The van der Waals surface area contributed by atoms with E-state index in [1.165, 1.54) is 11.3 Å². The average molecular weight is 291 g/mol. The fourth-order valence-corrected chi connectivity index (χ4v) is 2.35. The molecular weight excluding hydrogens is 282 g/mol. The Morgan fingerprint density at radius 2 is 1.86 bits per heavy atom. The summed E-state index contributed by atoms with van der Waals surface area (Å²) in [5.74, 6) is 0.624. The third kappa shape index (κ3) is 3.16. The standard InChI is InChI=1S/C15H9N5S/c16-8-11-2-3-12(19-9-11)4-5-13-10-21-15(20-13)14-17-6-1-7-18-14/h1-7,9-10H. The molecule has 0 spiro atoms. The number of nitrogens with zero attached hydrogens (tertiary/aromatic N) is 5. The molecule has 6 heteroatoms. The molecule has 3 aromatic heterocycles. The lowest BCUT2D eigenvalue weighted by atomic mass is 10.2. The van der Waals surface area contributed by atoms with Crippen molar-refractivity contribution in [3.63, 3.8) is 0 Å². The van der Waals surface area contributed by atoms with Crippen LogP contribution in [0.1, 0.15) is 17.0 Å². The first-order chi connectivity index (χ1) is 10.3. The van der Waals surface area contributed by atoms with Gasteiger partial charge in [0.05, 0.1) is 17.0 Å². The highest BCUT2D eigenvalue weighted by atomic mass is 32.1. The van der Waals surface area contributed by atoms with Gasteiger partial charge < -0.3 is 0 Å². The zero-order chi connectivity index (χ0) is 14.5. The van der Waals surface area contributed by atoms with Crippen molar-refractivity contribution >= 4 is 23.5 Å². The van der Waals surface area contributed by atoms with Crippen molar-refractivity contribution in [2.45, 2.75) is 0 Å². The molecule has 0 saturated carbocycles. The number of hydrogen-bond acceptors (Lipinski definition) is 6. The minimum Gasteiger partial charge on any atom is -0.256 e. The van der Waals surface area contributed by atoms with E-state index in [0.717, 1.165) is 16.4 Å². The van der Waals surface area contributed by atoms with E-state index >= 15 is 0 Å². The first-order valence-electron chi connectivity index (χ1n) is 6.12. The number of nitriles is 1. The van der Waals surface area contributed by atoms with Crippen LogP contribution in [0.25, 0.3) is 23.0 Å². The van der Waals surface area contributed by atoms with Gasteiger partial charge in [-0.3, -0.25) is 4.98 Å². The monoisotopic (exact) mass is 291 g/mol. The molecule has 21 heavy (non-hydrogen) atoms. The second-order valence-electron chi connectivity index (χ2n) is 4.07. The van der Waals surface area contributed by atoms with Gasteiger partial charge in [-0.1, -0.05) is 0 Å². The number of thiazole rings is 1. The average Bonchev–Trinajstić information content (AvgIpc) is 3.03. The summed E-state index contributed by atoms with van der Waals surface area (Å²) in [7, 11) is 0. The molecule has 0 radical (unpaired) electrons. The van der Waals surface area contributed by atoms with Crippen LogP contribution in [0.3, 0.4) is 0 Å². The predicted octanol–water partition coefficient (Wildman–Crippen LogP) is 3.04. The SMILES string of the molecule is N#Cc1ccc(C=Cc2csc(-c3ncccn3)n2)nc1. The lowest BCUT2D eigenvalue weighted by Gasteiger charge is -1.92. The van der Waals surface area contributed by atoms with E-state index in [1.807, 2.05) is 23.6 Å². The van der Waals surface area contributed by atoms with Gasteiger partial charge in [0.15, 0.2) is 10.8 Å². The van der Waals surface area contributed by atoms with Crippen molar-refractivity contribution in [1.29, 1.82) is 5.26 Å². The minimum atomic E-state index is 0.546. The Kier molecular flexibility index (Phi) is 3.76. The Balaban J connectivity index is 1.78. The van der Waals surface area contributed by atoms with Gasteiger partial charge in [0.2, 0.25) is 0 Å². The largest absolute Gasteiger partial charge is 0.256 e. The van der Waals surface area contributed by atoms with Gasteiger partial charge >= 0.3 is 0 Å². The third-order valence-corrected chi connectivity index (χ3v) is 3.48. The van der Waals surface area contributed by atoms with Gasteiger partial charge in [0.25, 0.3) is 0 Å². The molecule has 0 fully saturated rings. The number of hydrogen-bond donors (Lipinski definition) is 0. The lowest BCUT2D eigenvalue weighted by molar-refractivity contribution is 1.16. The zero-order valence-corrected chi connectivity index (χ0v) is 11.7. The quantitative estimate of drug-likeness (QED) is 0.741. The first-order valence-corrected chi connectivity index (χ1v) is 7.00. The first kappa shape index (κ1) is 13.1. The smallest absolute Gasteiger partial charge is 0.188 e. The second-order valence-corrected chi connectivity index (χ2v) is 4.92. The van der Waals surface area contributed by atoms with E-state index in [2.05, 4.69) is 19.9 Å². The summed E-state index contributed by atoms with van der Waals surface area (Å²) >= 11 is 1.49. The van der Waals surface area contributed by atoms with Crippen LogP contribution in [0.5, 0.6) is 0 Å². The summed E-state index contributed by atoms with van der Waals surface area (Å²) in [5.41, 5.74) is 2.15. The molecule has 100 valence electrons. The Morgan fingerprint density at radius 1 is 1.05 bits per heavy atom. The fourth-order valence-electron chi connectivity index (χ4n) is 1.62. The molecule has 0 N–H and O–H groups in total. The highest BCUT2D eigenvalue weighted by molar-refractivity contribution is 7.13. The van der Waals surface area contributed by atoms with E-state index in [0.29, 0.717) is 11.4 Å². The van der Waals surface area contributed by atoms with Crippen molar-refractivity contribution in [3.05, 3.63) is 59.1 Å². The minimum absolute atomic E-state index is 0.546. The van der Waals surface area contributed by atoms with E-state index < -0.39 is 0 Å². The maximum Gasteiger partial charge on any atom is 0.188 e. The third-order valence-electron chi connectivity index (χ3n) is 2.62. The van der Waals surface area contributed by atoms with Crippen molar-refractivity contribution in [3.8, 4) is 16.9 Å². The summed E-state index contributed by atoms with van der Waals surface area (Å²) in [6, 6.07) is 7.34. The van der Waals surface area contributed by atoms with E-state index in [1.54, 1.807) is 36.8 Å². The molecule has 5 nitrogen and oxygen atoms in total. The van der Waals surface area contributed by atoms with Crippen molar-refractivity contribution in [1.82, 2.24) is 19.9 Å². The van der Waals surface area contributed by atoms with Crippen LogP contribution in [-0.2, 0) is 0 Å². The van der Waals surface area contributed by atoms with E-state index in [4.69, 9.17) is 5.26 Å². The summed E-state index contributed by atoms with van der Waals surface area (Å²) in [6.45, 7) is 0. The van der Waals surface area contributed by atoms with Crippen LogP contribution >= 0.6 is 11.3 Å². The van der Waals surface area contributed by atoms with Crippen LogP contribution in [0.4, 0.5) is 0 Å². The summed E-state index contributed by atoms with van der Waals surface area (Å²) in [5, 5.41) is 11.4. The molecule has 0 bridgehead atoms. The molecule has 0 aliphatic heterocycles. The van der Waals surface area contributed by atoms with Gasteiger partial charge in [0, 0.05) is 24.0 Å². The Labute approximate surface area is 125 Å². The van der Waals surface area contributed by atoms with Crippen molar-refractivity contribution in [2.75, 3.05) is 0 Å². The summed E-state index contributed by atoms with van der Waals surface area (Å²) in [6.07, 6.45) is 8.66. The molecule has 3 aromatic rings. The highest BCUT2D eigenvalue weighted by Crippen LogP contribution is 2.20. The molecule has 0 unspecified atom stereocenters. The summed E-state index contributed by atoms with van der Waals surface area (Å²) < 4.78 is 0. The molecule has 0 amide bonds. The Morgan fingerprint density at radius 3 is 2.57 bits per heavy atom. The zero-order valence-electron chi connectivity index (χ0n) is 10.8. The maximum atomic E-state index is 8.72. The van der Waals surface area contributed by atoms with Crippen LogP contribution in [0.2, 0.25) is 0 Å². The molecule has 0 aromatic carbocycles. The van der Waals surface area contributed by atoms with E-state index in [9.17, 15) is 0 Å². The Hall–Kier alpha value is -2.91. The normalized spacial score (nSPS) is 10.6. The van der Waals surface area contributed by atoms with Crippen LogP contribution < -0.4 is 0 Å². The second kappa shape index (κ2) is 6.03. The number of pyridine rings is 1. The highest BCUT2D eigenvalue weighted by Gasteiger charge is 2.04. The predicted molar refractivity (Wildman–Crippen MR) is 81.0 cm³/mol. The van der Waals surface area contributed by atoms with Gasteiger partial charge in [0.1, 0.15) is 6.07 Å². The number of rotatable bonds is 3. The Bertz CT molecular complexity index is 800. The topological polar surface area (TPSA) is 75.3 Å². The molecule has 0 aliphatic rings. The number of aromatic nitrogens is 4. The molecule has 0 aliphatic carbocycles. The molecule has 3 heterocycles. The van der Waals surface area contributed by atoms with Crippen molar-refractivity contribution in [2.24, 2.45) is 0 Å². The van der Waals surface area contributed by atoms with Crippen LogP contribution in [0.15, 0.2) is 42.2 Å². The van der Waals surface area contributed by atoms with E-state index in [-0.39, 0.29) is 0 Å². The molecule has 0 saturated heterocycles. The summed E-state index contributed by atoms with van der Waals surface area (Å²) in [4.78, 5) is 17.0. The van der Waals surface area contributed by atoms with Crippen LogP contribution in [-0.4, -0.2) is 19.9 Å². The van der Waals surface area contributed by atoms with Gasteiger partial charge in [-0.05, 0) is 30.4 Å². The molecule has 0 atom stereocenters. The van der Waals surface area contributed by atoms with Gasteiger partial charge in [-0.15, -0.1) is 11.3 Å².